The predicted octanol–water partition coefficient (Wildman–Crippen LogP) is 3.03. The number of ether oxygens (including phenoxy) is 1. The second-order valence-corrected chi connectivity index (χ2v) is 8.73. The molecule has 186 valence electrons. The van der Waals surface area contributed by atoms with Gasteiger partial charge in [-0.15, -0.1) is 0 Å². The molecule has 2 aliphatic heterocycles. The molecule has 1 unspecified atom stereocenters. The monoisotopic (exact) mass is 488 g/mol. The van der Waals surface area contributed by atoms with Gasteiger partial charge in [-0.2, -0.15) is 0 Å². The van der Waals surface area contributed by atoms with E-state index in [-0.39, 0.29) is 24.8 Å². The molecule has 0 bridgehead atoms. The minimum absolute atomic E-state index is 0.171. The Kier molecular flexibility index (Phi) is 7.19. The molecule has 9 nitrogen and oxygen atoms in total. The zero-order valence-corrected chi connectivity index (χ0v) is 20.1. The van der Waals surface area contributed by atoms with Crippen LogP contribution in [0.15, 0.2) is 78.0 Å². The Labute approximate surface area is 209 Å². The molecule has 1 spiro atoms. The van der Waals surface area contributed by atoms with Gasteiger partial charge in [-0.3, -0.25) is 14.4 Å². The standard InChI is InChI=1S/C27H28N4O5/c1-3-4-5-9-24(32)29-20-8-6-7-19(14-20)22-15-27(36-30-22)16-23(25(28)33)31(17-27)26(34)18-10-12-21(35-2)13-11-18/h3-14,23H,15-17H2,1-2H3,(H2,28,33)(H,29,32)/b4-3-,9-5-/t23-,27?/m1/s1. The minimum Gasteiger partial charge on any atom is -0.497 e. The molecule has 4 rings (SSSR count). The summed E-state index contributed by atoms with van der Waals surface area (Å²) in [6, 6.07) is 13.1. The van der Waals surface area contributed by atoms with Crippen molar-refractivity contribution in [1.29, 1.82) is 0 Å². The summed E-state index contributed by atoms with van der Waals surface area (Å²) in [6.45, 7) is 2.04. The van der Waals surface area contributed by atoms with E-state index in [0.717, 1.165) is 5.56 Å². The SMILES string of the molecule is C/C=C\C=C/C(=O)Nc1cccc(C2=NOC3(C2)C[C@H](C(N)=O)N(C(=O)c2ccc(OC)cc2)C3)c1. The number of anilines is 1. The molecule has 1 fully saturated rings. The van der Waals surface area contributed by atoms with E-state index in [9.17, 15) is 14.4 Å². The third-order valence-corrected chi connectivity index (χ3v) is 6.18. The van der Waals surface area contributed by atoms with Crippen LogP contribution < -0.4 is 15.8 Å². The molecule has 2 aromatic carbocycles. The third-order valence-electron chi connectivity index (χ3n) is 6.18. The van der Waals surface area contributed by atoms with E-state index in [2.05, 4.69) is 10.5 Å². The second kappa shape index (κ2) is 10.5. The number of carbonyl (C=O) groups is 3. The third kappa shape index (κ3) is 5.30. The van der Waals surface area contributed by atoms with Crippen LogP contribution in [-0.4, -0.2) is 53.6 Å². The number of carbonyl (C=O) groups excluding carboxylic acids is 3. The summed E-state index contributed by atoms with van der Waals surface area (Å²) in [4.78, 5) is 44.9. The normalized spacial score (nSPS) is 21.1. The van der Waals surface area contributed by atoms with E-state index >= 15 is 0 Å². The summed E-state index contributed by atoms with van der Waals surface area (Å²) >= 11 is 0. The quantitative estimate of drug-likeness (QED) is 0.458. The van der Waals surface area contributed by atoms with Gasteiger partial charge in [0.25, 0.3) is 5.91 Å². The van der Waals surface area contributed by atoms with Crippen molar-refractivity contribution in [3.8, 4) is 5.75 Å². The summed E-state index contributed by atoms with van der Waals surface area (Å²) in [5, 5.41) is 7.10. The Balaban J connectivity index is 1.48. The van der Waals surface area contributed by atoms with E-state index in [4.69, 9.17) is 15.3 Å². The average molecular weight is 489 g/mol. The Morgan fingerprint density at radius 3 is 2.67 bits per heavy atom. The summed E-state index contributed by atoms with van der Waals surface area (Å²) in [5.74, 6) is -0.535. The molecule has 1 saturated heterocycles. The summed E-state index contributed by atoms with van der Waals surface area (Å²) < 4.78 is 5.15. The maximum absolute atomic E-state index is 13.2. The smallest absolute Gasteiger partial charge is 0.254 e. The molecule has 9 heteroatoms. The highest BCUT2D eigenvalue weighted by Gasteiger charge is 2.53. The number of hydrogen-bond acceptors (Lipinski definition) is 6. The number of oxime groups is 1. The van der Waals surface area contributed by atoms with Gasteiger partial charge in [-0.25, -0.2) is 0 Å². The van der Waals surface area contributed by atoms with E-state index in [1.165, 1.54) is 11.0 Å². The van der Waals surface area contributed by atoms with Crippen LogP contribution in [0.4, 0.5) is 5.69 Å². The Morgan fingerprint density at radius 1 is 1.19 bits per heavy atom. The number of hydrogen-bond donors (Lipinski definition) is 2. The molecule has 2 atom stereocenters. The second-order valence-electron chi connectivity index (χ2n) is 8.73. The lowest BCUT2D eigenvalue weighted by Crippen LogP contribution is -2.44. The van der Waals surface area contributed by atoms with Crippen LogP contribution >= 0.6 is 0 Å². The first-order valence-corrected chi connectivity index (χ1v) is 11.5. The lowest BCUT2D eigenvalue weighted by atomic mass is 9.91. The number of nitrogens with zero attached hydrogens (tertiary/aromatic N) is 2. The molecule has 0 aromatic heterocycles. The van der Waals surface area contributed by atoms with Gasteiger partial charge >= 0.3 is 0 Å². The molecular weight excluding hydrogens is 460 g/mol. The number of allylic oxidation sites excluding steroid dienone is 3. The Morgan fingerprint density at radius 2 is 1.97 bits per heavy atom. The van der Waals surface area contributed by atoms with Gasteiger partial charge in [-0.05, 0) is 43.3 Å². The predicted molar refractivity (Wildman–Crippen MR) is 136 cm³/mol. The largest absolute Gasteiger partial charge is 0.497 e. The van der Waals surface area contributed by atoms with Crippen molar-refractivity contribution in [2.45, 2.75) is 31.4 Å². The number of rotatable bonds is 7. The first-order valence-electron chi connectivity index (χ1n) is 11.5. The average Bonchev–Trinajstić information content (AvgIpc) is 3.48. The molecule has 2 aromatic rings. The highest BCUT2D eigenvalue weighted by molar-refractivity contribution is 6.05. The lowest BCUT2D eigenvalue weighted by molar-refractivity contribution is -0.121. The summed E-state index contributed by atoms with van der Waals surface area (Å²) in [6.07, 6.45) is 7.33. The molecule has 0 saturated carbocycles. The number of amides is 3. The maximum atomic E-state index is 13.2. The van der Waals surface area contributed by atoms with Crippen molar-refractivity contribution in [2.75, 3.05) is 19.0 Å². The van der Waals surface area contributed by atoms with Gasteiger partial charge in [0.15, 0.2) is 5.60 Å². The molecular formula is C27H28N4O5. The fraction of sp³-hybridized carbons (Fsp3) is 0.259. The zero-order valence-electron chi connectivity index (χ0n) is 20.1. The molecule has 36 heavy (non-hydrogen) atoms. The highest BCUT2D eigenvalue weighted by Crippen LogP contribution is 2.39. The molecule has 2 aliphatic rings. The van der Waals surface area contributed by atoms with Gasteiger partial charge in [0.2, 0.25) is 11.8 Å². The van der Waals surface area contributed by atoms with Gasteiger partial charge < -0.3 is 25.5 Å². The van der Waals surface area contributed by atoms with Crippen LogP contribution in [0.5, 0.6) is 5.75 Å². The molecule has 3 N–H and O–H groups in total. The number of methoxy groups -OCH3 is 1. The van der Waals surface area contributed by atoms with Crippen molar-refractivity contribution < 1.29 is 24.0 Å². The number of nitrogens with one attached hydrogen (secondary N) is 1. The lowest BCUT2D eigenvalue weighted by Gasteiger charge is -2.23. The highest BCUT2D eigenvalue weighted by atomic mass is 16.7. The Bertz CT molecular complexity index is 1250. The van der Waals surface area contributed by atoms with Gasteiger partial charge in [-0.1, -0.05) is 35.5 Å². The van der Waals surface area contributed by atoms with Crippen molar-refractivity contribution in [1.82, 2.24) is 4.90 Å². The Hall–Kier alpha value is -4.40. The molecule has 2 heterocycles. The first-order chi connectivity index (χ1) is 17.3. The zero-order chi connectivity index (χ0) is 25.7. The van der Waals surface area contributed by atoms with Gasteiger partial charge in [0.05, 0.1) is 19.4 Å². The van der Waals surface area contributed by atoms with Crippen molar-refractivity contribution >= 4 is 29.1 Å². The maximum Gasteiger partial charge on any atom is 0.254 e. The van der Waals surface area contributed by atoms with Crippen LogP contribution in [0.1, 0.15) is 35.7 Å². The van der Waals surface area contributed by atoms with Crippen LogP contribution in [-0.2, 0) is 14.4 Å². The van der Waals surface area contributed by atoms with E-state index < -0.39 is 17.6 Å². The van der Waals surface area contributed by atoms with Crippen LogP contribution in [0, 0.1) is 0 Å². The summed E-state index contributed by atoms with van der Waals surface area (Å²) in [7, 11) is 1.55. The number of benzene rings is 2. The number of likely N-dealkylation sites (tertiary alicyclic amines) is 1. The summed E-state index contributed by atoms with van der Waals surface area (Å²) in [5.41, 5.74) is 7.28. The van der Waals surface area contributed by atoms with Crippen LogP contribution in [0.2, 0.25) is 0 Å². The minimum atomic E-state index is -0.856. The van der Waals surface area contributed by atoms with Gasteiger partial charge in [0, 0.05) is 35.7 Å². The van der Waals surface area contributed by atoms with Crippen molar-refractivity contribution in [3.05, 3.63) is 84.0 Å². The van der Waals surface area contributed by atoms with Crippen LogP contribution in [0.3, 0.4) is 0 Å². The first kappa shape index (κ1) is 24.7. The number of nitrogens with two attached hydrogens (primary N) is 1. The van der Waals surface area contributed by atoms with E-state index in [0.29, 0.717) is 29.1 Å². The van der Waals surface area contributed by atoms with Gasteiger partial charge in [0.1, 0.15) is 11.8 Å². The molecule has 0 radical (unpaired) electrons. The number of primary amides is 1. The van der Waals surface area contributed by atoms with Crippen molar-refractivity contribution in [2.24, 2.45) is 10.9 Å². The molecule has 3 amide bonds. The molecule has 0 aliphatic carbocycles. The van der Waals surface area contributed by atoms with Crippen LogP contribution in [0.25, 0.3) is 0 Å². The van der Waals surface area contributed by atoms with E-state index in [1.807, 2.05) is 31.2 Å². The fourth-order valence-electron chi connectivity index (χ4n) is 4.40. The fourth-order valence-corrected chi connectivity index (χ4v) is 4.40. The topological polar surface area (TPSA) is 123 Å². The van der Waals surface area contributed by atoms with Crippen molar-refractivity contribution in [3.63, 3.8) is 0 Å². The van der Waals surface area contributed by atoms with E-state index in [1.54, 1.807) is 49.6 Å².